The molecule has 0 saturated carbocycles. The zero-order valence-electron chi connectivity index (χ0n) is 17.6. The van der Waals surface area contributed by atoms with Gasteiger partial charge in [0.25, 0.3) is 0 Å². The minimum Gasteiger partial charge on any atom is -0.388 e. The van der Waals surface area contributed by atoms with Crippen molar-refractivity contribution in [1.29, 1.82) is 0 Å². The molecule has 0 heterocycles. The fourth-order valence-corrected chi connectivity index (χ4v) is 3.48. The lowest BCUT2D eigenvalue weighted by molar-refractivity contribution is -0.134. The minimum atomic E-state index is -1.12. The number of amides is 2. The van der Waals surface area contributed by atoms with Gasteiger partial charge in [-0.2, -0.15) is 0 Å². The van der Waals surface area contributed by atoms with Crippen LogP contribution in [-0.4, -0.2) is 45.3 Å². The largest absolute Gasteiger partial charge is 0.388 e. The van der Waals surface area contributed by atoms with Crippen LogP contribution in [0.5, 0.6) is 0 Å². The van der Waals surface area contributed by atoms with Gasteiger partial charge < -0.3 is 20.8 Å². The Labute approximate surface area is 152 Å². The van der Waals surface area contributed by atoms with Crippen LogP contribution in [0.4, 0.5) is 0 Å². The third-order valence-electron chi connectivity index (χ3n) is 4.08. The first-order valence-corrected chi connectivity index (χ1v) is 8.79. The zero-order chi connectivity index (χ0) is 20.4. The first-order chi connectivity index (χ1) is 10.8. The van der Waals surface area contributed by atoms with Gasteiger partial charge in [-0.3, -0.25) is 9.59 Å². The first kappa shape index (κ1) is 23.9. The molecular weight excluding hydrogens is 320 g/mol. The van der Waals surface area contributed by atoms with E-state index in [1.807, 2.05) is 41.5 Å². The maximum atomic E-state index is 12.3. The van der Waals surface area contributed by atoms with Crippen molar-refractivity contribution >= 4 is 11.8 Å². The van der Waals surface area contributed by atoms with Gasteiger partial charge in [0.15, 0.2) is 0 Å². The summed E-state index contributed by atoms with van der Waals surface area (Å²) in [5.74, 6) is -0.911. The summed E-state index contributed by atoms with van der Waals surface area (Å²) < 4.78 is 0. The summed E-state index contributed by atoms with van der Waals surface area (Å²) in [7, 11) is 0. The van der Waals surface area contributed by atoms with E-state index in [0.29, 0.717) is 0 Å². The van der Waals surface area contributed by atoms with Gasteiger partial charge in [0.1, 0.15) is 6.42 Å². The molecule has 2 unspecified atom stereocenters. The van der Waals surface area contributed by atoms with E-state index in [4.69, 9.17) is 0 Å². The van der Waals surface area contributed by atoms with E-state index >= 15 is 0 Å². The maximum Gasteiger partial charge on any atom is 0.229 e. The molecule has 25 heavy (non-hydrogen) atoms. The van der Waals surface area contributed by atoms with Crippen LogP contribution >= 0.6 is 0 Å². The highest BCUT2D eigenvalue weighted by molar-refractivity contribution is 5.97. The molecule has 0 aromatic rings. The number of hydrogen-bond donors (Lipinski definition) is 4. The van der Waals surface area contributed by atoms with E-state index < -0.39 is 35.1 Å². The SMILES string of the molecule is CC(C)(C)C(NC(=O)CC(=O)NC(C(C)(C)C)C(C)(C)O)C(C)(C)O. The predicted molar refractivity (Wildman–Crippen MR) is 100.0 cm³/mol. The Morgan fingerprint density at radius 1 is 0.680 bits per heavy atom. The van der Waals surface area contributed by atoms with Crippen LogP contribution in [0.3, 0.4) is 0 Å². The molecule has 2 atom stereocenters. The molecule has 4 N–H and O–H groups in total. The highest BCUT2D eigenvalue weighted by Gasteiger charge is 2.40. The summed E-state index contributed by atoms with van der Waals surface area (Å²) in [6.07, 6.45) is -0.356. The Kier molecular flexibility index (Phi) is 7.27. The van der Waals surface area contributed by atoms with Crippen LogP contribution < -0.4 is 10.6 Å². The van der Waals surface area contributed by atoms with Crippen LogP contribution in [0.25, 0.3) is 0 Å². The molecule has 0 aliphatic heterocycles. The van der Waals surface area contributed by atoms with Crippen LogP contribution in [-0.2, 0) is 9.59 Å². The quantitative estimate of drug-likeness (QED) is 0.546. The van der Waals surface area contributed by atoms with Crippen molar-refractivity contribution in [3.63, 3.8) is 0 Å². The molecule has 0 aromatic carbocycles. The van der Waals surface area contributed by atoms with Crippen molar-refractivity contribution in [2.24, 2.45) is 10.8 Å². The third kappa shape index (κ3) is 8.19. The number of nitrogens with one attached hydrogen (secondary N) is 2. The van der Waals surface area contributed by atoms with E-state index in [1.54, 1.807) is 27.7 Å². The molecule has 148 valence electrons. The summed E-state index contributed by atoms with van der Waals surface area (Å²) in [6, 6.07) is -1.01. The average molecular weight is 359 g/mol. The second-order valence-corrected chi connectivity index (χ2v) is 10.2. The van der Waals surface area contributed by atoms with E-state index in [-0.39, 0.29) is 17.3 Å². The van der Waals surface area contributed by atoms with Gasteiger partial charge in [-0.15, -0.1) is 0 Å². The molecule has 0 spiro atoms. The molecule has 0 rings (SSSR count). The van der Waals surface area contributed by atoms with Crippen molar-refractivity contribution < 1.29 is 19.8 Å². The minimum absolute atomic E-state index is 0.356. The third-order valence-corrected chi connectivity index (χ3v) is 4.08. The number of aliphatic hydroxyl groups is 2. The molecule has 6 heteroatoms. The molecule has 0 saturated heterocycles. The van der Waals surface area contributed by atoms with Gasteiger partial charge in [0, 0.05) is 0 Å². The molecule has 0 aromatic heterocycles. The highest BCUT2D eigenvalue weighted by Crippen LogP contribution is 2.29. The standard InChI is InChI=1S/C19H38N2O4/c1-16(2,3)14(18(7,8)24)20-12(22)11-13(23)21-15(17(4,5)6)19(9,10)25/h14-15,24-25H,11H2,1-10H3,(H,20,22)(H,21,23). The van der Waals surface area contributed by atoms with E-state index in [1.165, 1.54) is 0 Å². The van der Waals surface area contributed by atoms with Gasteiger partial charge in [0.05, 0.1) is 23.3 Å². The lowest BCUT2D eigenvalue weighted by atomic mass is 9.77. The molecular formula is C19H38N2O4. The maximum absolute atomic E-state index is 12.3. The number of hydrogen-bond acceptors (Lipinski definition) is 4. The van der Waals surface area contributed by atoms with Crippen LogP contribution in [0.15, 0.2) is 0 Å². The number of carbonyl (C=O) groups is 2. The summed E-state index contributed by atoms with van der Waals surface area (Å²) in [5.41, 5.74) is -2.98. The summed E-state index contributed by atoms with van der Waals surface area (Å²) in [4.78, 5) is 24.6. The molecule has 0 aliphatic carbocycles. The molecule has 0 bridgehead atoms. The fraction of sp³-hybridized carbons (Fsp3) is 0.895. The van der Waals surface area contributed by atoms with Gasteiger partial charge in [-0.1, -0.05) is 41.5 Å². The average Bonchev–Trinajstić information content (AvgIpc) is 2.27. The Bertz CT molecular complexity index is 402. The lowest BCUT2D eigenvalue weighted by Gasteiger charge is -2.40. The van der Waals surface area contributed by atoms with Crippen molar-refractivity contribution in [3.8, 4) is 0 Å². The second kappa shape index (κ2) is 7.62. The van der Waals surface area contributed by atoms with Gasteiger partial charge >= 0.3 is 0 Å². The number of rotatable bonds is 6. The smallest absolute Gasteiger partial charge is 0.229 e. The van der Waals surface area contributed by atoms with Crippen molar-refractivity contribution in [3.05, 3.63) is 0 Å². The lowest BCUT2D eigenvalue weighted by Crippen LogP contribution is -2.58. The van der Waals surface area contributed by atoms with Crippen molar-refractivity contribution in [2.45, 2.75) is 98.9 Å². The van der Waals surface area contributed by atoms with Crippen LogP contribution in [0, 0.1) is 10.8 Å². The summed E-state index contributed by atoms with van der Waals surface area (Å²) in [6.45, 7) is 18.0. The Morgan fingerprint density at radius 2 is 0.920 bits per heavy atom. The predicted octanol–water partition coefficient (Wildman–Crippen LogP) is 1.98. The van der Waals surface area contributed by atoms with Gasteiger partial charge in [-0.05, 0) is 38.5 Å². The van der Waals surface area contributed by atoms with Crippen molar-refractivity contribution in [1.82, 2.24) is 10.6 Å². The van der Waals surface area contributed by atoms with Gasteiger partial charge in [-0.25, -0.2) is 0 Å². The first-order valence-electron chi connectivity index (χ1n) is 8.79. The van der Waals surface area contributed by atoms with Crippen LogP contribution in [0.1, 0.15) is 75.7 Å². The van der Waals surface area contributed by atoms with E-state index in [0.717, 1.165) is 0 Å². The Hall–Kier alpha value is -1.14. The normalized spacial score (nSPS) is 16.2. The van der Waals surface area contributed by atoms with E-state index in [9.17, 15) is 19.8 Å². The fourth-order valence-electron chi connectivity index (χ4n) is 3.48. The summed E-state index contributed by atoms with van der Waals surface area (Å²) in [5, 5.41) is 26.1. The van der Waals surface area contributed by atoms with Gasteiger partial charge in [0.2, 0.25) is 11.8 Å². The number of carbonyl (C=O) groups excluding carboxylic acids is 2. The van der Waals surface area contributed by atoms with E-state index in [2.05, 4.69) is 10.6 Å². The molecule has 0 aliphatic rings. The second-order valence-electron chi connectivity index (χ2n) is 10.2. The Morgan fingerprint density at radius 3 is 1.08 bits per heavy atom. The zero-order valence-corrected chi connectivity index (χ0v) is 17.6. The molecule has 6 nitrogen and oxygen atoms in total. The Balaban J connectivity index is 5.04. The summed E-state index contributed by atoms with van der Waals surface area (Å²) >= 11 is 0. The van der Waals surface area contributed by atoms with Crippen molar-refractivity contribution in [2.75, 3.05) is 0 Å². The van der Waals surface area contributed by atoms with Crippen LogP contribution in [0.2, 0.25) is 0 Å². The highest BCUT2D eigenvalue weighted by atomic mass is 16.3. The topological polar surface area (TPSA) is 98.7 Å². The molecule has 0 radical (unpaired) electrons. The molecule has 0 fully saturated rings. The monoisotopic (exact) mass is 358 g/mol. The molecule has 2 amide bonds.